The summed E-state index contributed by atoms with van der Waals surface area (Å²) < 4.78 is 0. The van der Waals surface area contributed by atoms with Gasteiger partial charge in [0.15, 0.2) is 0 Å². The summed E-state index contributed by atoms with van der Waals surface area (Å²) in [5, 5.41) is 23.2. The molecule has 4 rings (SSSR count). The lowest BCUT2D eigenvalue weighted by molar-refractivity contribution is 0.431. The van der Waals surface area contributed by atoms with Gasteiger partial charge in [-0.25, -0.2) is 0 Å². The summed E-state index contributed by atoms with van der Waals surface area (Å²) in [6.45, 7) is 4.35. The van der Waals surface area contributed by atoms with E-state index < -0.39 is 0 Å². The Kier molecular flexibility index (Phi) is 2.36. The maximum atomic E-state index is 10.8. The van der Waals surface area contributed by atoms with Gasteiger partial charge in [-0.2, -0.15) is 0 Å². The van der Waals surface area contributed by atoms with Gasteiger partial charge in [0, 0.05) is 21.9 Å². The smallest absolute Gasteiger partial charge is 0.127 e. The first-order chi connectivity index (χ1) is 9.63. The van der Waals surface area contributed by atoms with Gasteiger partial charge in [0.05, 0.1) is 0 Å². The summed E-state index contributed by atoms with van der Waals surface area (Å²) in [4.78, 5) is 0. The van der Waals surface area contributed by atoms with Crippen LogP contribution in [-0.4, -0.2) is 10.2 Å². The molecule has 0 saturated heterocycles. The van der Waals surface area contributed by atoms with Crippen LogP contribution in [0.5, 0.6) is 11.5 Å². The first-order valence-electron chi connectivity index (χ1n) is 7.62. The zero-order valence-corrected chi connectivity index (χ0v) is 12.0. The first-order valence-corrected chi connectivity index (χ1v) is 7.62. The van der Waals surface area contributed by atoms with Crippen LogP contribution in [0.4, 0.5) is 0 Å². The molecule has 0 amide bonds. The largest absolute Gasteiger partial charge is 0.507 e. The topological polar surface area (TPSA) is 40.5 Å². The molecule has 0 radical (unpaired) electrons. The van der Waals surface area contributed by atoms with Crippen molar-refractivity contribution in [3.8, 4) is 11.5 Å². The summed E-state index contributed by atoms with van der Waals surface area (Å²) >= 11 is 0. The lowest BCUT2D eigenvalue weighted by Crippen LogP contribution is -2.08. The molecule has 2 aliphatic rings. The van der Waals surface area contributed by atoms with E-state index in [-0.39, 0.29) is 0 Å². The van der Waals surface area contributed by atoms with Gasteiger partial charge in [0.2, 0.25) is 0 Å². The lowest BCUT2D eigenvalue weighted by Gasteiger charge is -2.25. The van der Waals surface area contributed by atoms with Crippen molar-refractivity contribution in [1.29, 1.82) is 0 Å². The maximum Gasteiger partial charge on any atom is 0.127 e. The molecule has 2 bridgehead atoms. The molecule has 2 aromatic rings. The van der Waals surface area contributed by atoms with E-state index in [0.717, 1.165) is 46.7 Å². The molecule has 0 aromatic heterocycles. The highest BCUT2D eigenvalue weighted by molar-refractivity contribution is 5.98. The van der Waals surface area contributed by atoms with Crippen molar-refractivity contribution in [2.24, 2.45) is 5.92 Å². The van der Waals surface area contributed by atoms with Crippen LogP contribution in [0.3, 0.4) is 0 Å². The van der Waals surface area contributed by atoms with Crippen LogP contribution in [0.25, 0.3) is 10.8 Å². The van der Waals surface area contributed by atoms with E-state index in [1.54, 1.807) is 0 Å². The quantitative estimate of drug-likeness (QED) is 0.751. The van der Waals surface area contributed by atoms with E-state index in [1.807, 2.05) is 18.2 Å². The first kappa shape index (κ1) is 12.1. The van der Waals surface area contributed by atoms with Gasteiger partial charge in [0.25, 0.3) is 0 Å². The van der Waals surface area contributed by atoms with Crippen molar-refractivity contribution in [1.82, 2.24) is 0 Å². The predicted molar refractivity (Wildman–Crippen MR) is 80.5 cm³/mol. The third kappa shape index (κ3) is 1.29. The number of hydrogen-bond donors (Lipinski definition) is 2. The van der Waals surface area contributed by atoms with E-state index >= 15 is 0 Å². The van der Waals surface area contributed by atoms with Crippen LogP contribution < -0.4 is 0 Å². The number of phenols is 2. The number of fused-ring (bicyclic) bond motifs is 6. The van der Waals surface area contributed by atoms with E-state index in [0.29, 0.717) is 29.3 Å². The fourth-order valence-corrected chi connectivity index (χ4v) is 4.58. The Morgan fingerprint density at radius 1 is 1.10 bits per heavy atom. The molecule has 2 nitrogen and oxygen atoms in total. The second-order valence-corrected chi connectivity index (χ2v) is 6.47. The molecule has 0 aliphatic heterocycles. The van der Waals surface area contributed by atoms with Crippen LogP contribution in [0.2, 0.25) is 0 Å². The normalized spacial score (nSPS) is 27.2. The summed E-state index contributed by atoms with van der Waals surface area (Å²) in [5.74, 6) is 2.33. The van der Waals surface area contributed by atoms with Crippen LogP contribution in [0.1, 0.15) is 55.2 Å². The van der Waals surface area contributed by atoms with Crippen LogP contribution in [0, 0.1) is 5.92 Å². The molecule has 0 spiro atoms. The van der Waals surface area contributed by atoms with Crippen LogP contribution >= 0.6 is 0 Å². The molecular formula is C18H20O2. The number of aromatic hydroxyl groups is 2. The van der Waals surface area contributed by atoms with E-state index in [1.165, 1.54) is 0 Å². The summed E-state index contributed by atoms with van der Waals surface area (Å²) in [6, 6.07) is 5.95. The summed E-state index contributed by atoms with van der Waals surface area (Å²) in [7, 11) is 0. The highest BCUT2D eigenvalue weighted by Gasteiger charge is 2.45. The Hall–Kier alpha value is -1.70. The zero-order chi connectivity index (χ0) is 14.0. The number of hydrogen-bond acceptors (Lipinski definition) is 2. The van der Waals surface area contributed by atoms with Crippen LogP contribution in [-0.2, 0) is 6.42 Å². The van der Waals surface area contributed by atoms with Gasteiger partial charge in [-0.15, -0.1) is 0 Å². The average Bonchev–Trinajstić information content (AvgIpc) is 3.00. The zero-order valence-electron chi connectivity index (χ0n) is 12.0. The lowest BCUT2D eigenvalue weighted by atomic mass is 9.81. The Labute approximate surface area is 119 Å². The summed E-state index contributed by atoms with van der Waals surface area (Å²) in [6.07, 6.45) is 3.10. The number of rotatable bonds is 1. The highest BCUT2D eigenvalue weighted by Crippen LogP contribution is 2.62. The minimum Gasteiger partial charge on any atom is -0.507 e. The highest BCUT2D eigenvalue weighted by atomic mass is 16.3. The monoisotopic (exact) mass is 268 g/mol. The molecular weight excluding hydrogens is 248 g/mol. The van der Waals surface area contributed by atoms with Gasteiger partial charge < -0.3 is 10.2 Å². The minimum absolute atomic E-state index is 0.419. The molecule has 2 aromatic carbocycles. The van der Waals surface area contributed by atoms with Crippen molar-refractivity contribution in [2.75, 3.05) is 0 Å². The number of phenolic OH excluding ortho intramolecular Hbond substituents is 2. The van der Waals surface area contributed by atoms with Gasteiger partial charge in [-0.3, -0.25) is 0 Å². The maximum absolute atomic E-state index is 10.8. The molecule has 1 saturated carbocycles. The predicted octanol–water partition coefficient (Wildman–Crippen LogP) is 4.42. The van der Waals surface area contributed by atoms with Crippen molar-refractivity contribution in [2.45, 2.75) is 44.9 Å². The van der Waals surface area contributed by atoms with Crippen molar-refractivity contribution < 1.29 is 10.2 Å². The van der Waals surface area contributed by atoms with E-state index in [2.05, 4.69) is 13.8 Å². The Bertz CT molecular complexity index is 717. The van der Waals surface area contributed by atoms with Gasteiger partial charge in [-0.1, -0.05) is 32.0 Å². The van der Waals surface area contributed by atoms with E-state index in [4.69, 9.17) is 0 Å². The Morgan fingerprint density at radius 2 is 1.90 bits per heavy atom. The fraction of sp³-hybridized carbons (Fsp3) is 0.444. The number of benzene rings is 2. The SMILES string of the molecule is CCc1cccc2c(O)c3c(c(O)c12)C1CC(C)C3C1. The van der Waals surface area contributed by atoms with E-state index in [9.17, 15) is 10.2 Å². The van der Waals surface area contributed by atoms with Crippen LogP contribution in [0.15, 0.2) is 18.2 Å². The molecule has 104 valence electrons. The molecule has 3 atom stereocenters. The molecule has 2 heteroatoms. The Balaban J connectivity index is 2.13. The third-order valence-corrected chi connectivity index (χ3v) is 5.48. The standard InChI is InChI=1S/C18H20O2/c1-3-10-5-4-6-12-14(10)18(20)15-11-7-9(2)13(8-11)16(15)17(12)19/h4-6,9,11,13,19-20H,3,7-8H2,1-2H3. The molecule has 0 heterocycles. The van der Waals surface area contributed by atoms with Crippen molar-refractivity contribution >= 4 is 10.8 Å². The van der Waals surface area contributed by atoms with Gasteiger partial charge in [-0.05, 0) is 42.6 Å². The minimum atomic E-state index is 0.419. The second kappa shape index (κ2) is 3.91. The molecule has 3 unspecified atom stereocenters. The molecule has 2 aliphatic carbocycles. The van der Waals surface area contributed by atoms with Gasteiger partial charge in [0.1, 0.15) is 11.5 Å². The number of aryl methyl sites for hydroxylation is 1. The molecule has 1 fully saturated rings. The summed E-state index contributed by atoms with van der Waals surface area (Å²) in [5.41, 5.74) is 3.19. The third-order valence-electron chi connectivity index (χ3n) is 5.48. The molecule has 20 heavy (non-hydrogen) atoms. The second-order valence-electron chi connectivity index (χ2n) is 6.47. The fourth-order valence-electron chi connectivity index (χ4n) is 4.58. The van der Waals surface area contributed by atoms with Crippen molar-refractivity contribution in [3.63, 3.8) is 0 Å². The van der Waals surface area contributed by atoms with Crippen molar-refractivity contribution in [3.05, 3.63) is 34.9 Å². The van der Waals surface area contributed by atoms with Gasteiger partial charge >= 0.3 is 0 Å². The Morgan fingerprint density at radius 3 is 2.65 bits per heavy atom. The molecule has 2 N–H and O–H groups in total. The average molecular weight is 268 g/mol.